The number of aromatic nitrogens is 1. The second-order valence-electron chi connectivity index (χ2n) is 6.48. The molecule has 0 aliphatic carbocycles. The first kappa shape index (κ1) is 18.8. The maximum absolute atomic E-state index is 12.2. The van der Waals surface area contributed by atoms with E-state index in [4.69, 9.17) is 9.47 Å². The topological polar surface area (TPSA) is 75.7 Å². The van der Waals surface area contributed by atoms with Crippen LogP contribution in [0.15, 0.2) is 36.5 Å². The number of hydrogen-bond donors (Lipinski definition) is 2. The van der Waals surface area contributed by atoms with Gasteiger partial charge in [-0.2, -0.15) is 0 Å². The molecule has 1 unspecified atom stereocenters. The van der Waals surface area contributed by atoms with Gasteiger partial charge in [-0.25, -0.2) is 4.98 Å². The summed E-state index contributed by atoms with van der Waals surface area (Å²) in [6.07, 6.45) is 3.78. The normalized spacial score (nSPS) is 16.6. The Labute approximate surface area is 159 Å². The third kappa shape index (κ3) is 4.42. The van der Waals surface area contributed by atoms with Crippen molar-refractivity contribution in [1.82, 2.24) is 10.3 Å². The fourth-order valence-electron chi connectivity index (χ4n) is 3.37. The van der Waals surface area contributed by atoms with Crippen LogP contribution < -0.4 is 25.0 Å². The van der Waals surface area contributed by atoms with Gasteiger partial charge in [0.15, 0.2) is 0 Å². The number of nitrogens with one attached hydrogen (secondary N) is 2. The van der Waals surface area contributed by atoms with Crippen LogP contribution in [0, 0.1) is 0 Å². The summed E-state index contributed by atoms with van der Waals surface area (Å²) in [6, 6.07) is 9.59. The molecule has 0 spiro atoms. The van der Waals surface area contributed by atoms with Gasteiger partial charge in [-0.1, -0.05) is 0 Å². The molecular formula is C20H26N4O3. The molecule has 1 aliphatic rings. The Hall–Kier alpha value is -2.96. The van der Waals surface area contributed by atoms with Crippen molar-refractivity contribution in [3.8, 4) is 11.5 Å². The van der Waals surface area contributed by atoms with E-state index >= 15 is 0 Å². The molecule has 3 rings (SSSR count). The highest BCUT2D eigenvalue weighted by Gasteiger charge is 2.24. The number of benzene rings is 1. The number of carbonyl (C=O) groups excluding carboxylic acids is 1. The van der Waals surface area contributed by atoms with Crippen LogP contribution in [0.1, 0.15) is 23.2 Å². The third-order valence-electron chi connectivity index (χ3n) is 4.70. The van der Waals surface area contributed by atoms with Gasteiger partial charge in [0.25, 0.3) is 5.91 Å². The Bertz CT molecular complexity index is 774. The Kier molecular flexibility index (Phi) is 6.01. The SMILES string of the molecule is CNC(=O)c1cccnc1N1CCCC(Nc2cc(OC)cc(OC)c2)C1. The number of rotatable bonds is 6. The number of carbonyl (C=O) groups is 1. The minimum Gasteiger partial charge on any atom is -0.497 e. The van der Waals surface area contributed by atoms with E-state index in [9.17, 15) is 4.79 Å². The van der Waals surface area contributed by atoms with Crippen molar-refractivity contribution in [2.24, 2.45) is 0 Å². The van der Waals surface area contributed by atoms with Crippen molar-refractivity contribution in [1.29, 1.82) is 0 Å². The standard InChI is InChI=1S/C20H26N4O3/c1-21-20(25)18-7-4-8-22-19(18)24-9-5-6-14(13-24)23-15-10-16(26-2)12-17(11-15)27-3/h4,7-8,10-12,14,23H,5-6,9,13H2,1-3H3,(H,21,25). The number of anilines is 2. The molecule has 7 heteroatoms. The van der Waals surface area contributed by atoms with Crippen molar-refractivity contribution < 1.29 is 14.3 Å². The lowest BCUT2D eigenvalue weighted by molar-refractivity contribution is 0.0963. The van der Waals surface area contributed by atoms with Gasteiger partial charge in [0, 0.05) is 56.3 Å². The third-order valence-corrected chi connectivity index (χ3v) is 4.70. The Morgan fingerprint density at radius 2 is 1.96 bits per heavy atom. The second kappa shape index (κ2) is 8.62. The van der Waals surface area contributed by atoms with E-state index in [-0.39, 0.29) is 11.9 Å². The molecule has 1 fully saturated rings. The lowest BCUT2D eigenvalue weighted by Gasteiger charge is -2.35. The molecule has 2 heterocycles. The fourth-order valence-corrected chi connectivity index (χ4v) is 3.37. The van der Waals surface area contributed by atoms with E-state index in [1.165, 1.54) is 0 Å². The Morgan fingerprint density at radius 1 is 1.22 bits per heavy atom. The summed E-state index contributed by atoms with van der Waals surface area (Å²) in [5.74, 6) is 2.10. The predicted octanol–water partition coefficient (Wildman–Crippen LogP) is 2.54. The van der Waals surface area contributed by atoms with Crippen LogP contribution in [-0.2, 0) is 0 Å². The van der Waals surface area contributed by atoms with Crippen molar-refractivity contribution in [2.75, 3.05) is 44.6 Å². The van der Waals surface area contributed by atoms with E-state index in [1.54, 1.807) is 33.5 Å². The van der Waals surface area contributed by atoms with Gasteiger partial charge in [-0.05, 0) is 25.0 Å². The molecule has 1 aromatic carbocycles. The number of hydrogen-bond acceptors (Lipinski definition) is 6. The van der Waals surface area contributed by atoms with E-state index in [0.29, 0.717) is 5.56 Å². The summed E-state index contributed by atoms with van der Waals surface area (Å²) in [7, 11) is 4.92. The average Bonchev–Trinajstić information content (AvgIpc) is 2.73. The summed E-state index contributed by atoms with van der Waals surface area (Å²) in [4.78, 5) is 18.8. The highest BCUT2D eigenvalue weighted by molar-refractivity contribution is 5.98. The van der Waals surface area contributed by atoms with Gasteiger partial charge >= 0.3 is 0 Å². The first-order chi connectivity index (χ1) is 13.1. The summed E-state index contributed by atoms with van der Waals surface area (Å²) < 4.78 is 10.7. The van der Waals surface area contributed by atoms with Crippen LogP contribution in [0.4, 0.5) is 11.5 Å². The lowest BCUT2D eigenvalue weighted by atomic mass is 10.0. The van der Waals surface area contributed by atoms with Crippen LogP contribution in [0.3, 0.4) is 0 Å². The lowest BCUT2D eigenvalue weighted by Crippen LogP contribution is -2.43. The monoisotopic (exact) mass is 370 g/mol. The van der Waals surface area contributed by atoms with Crippen LogP contribution in [0.25, 0.3) is 0 Å². The minimum atomic E-state index is -0.120. The van der Waals surface area contributed by atoms with Crippen LogP contribution in [-0.4, -0.2) is 51.3 Å². The smallest absolute Gasteiger partial charge is 0.254 e. The highest BCUT2D eigenvalue weighted by atomic mass is 16.5. The van der Waals surface area contributed by atoms with E-state index < -0.39 is 0 Å². The maximum Gasteiger partial charge on any atom is 0.254 e. The minimum absolute atomic E-state index is 0.120. The molecule has 144 valence electrons. The maximum atomic E-state index is 12.2. The van der Waals surface area contributed by atoms with E-state index in [0.717, 1.165) is 48.9 Å². The molecule has 1 atom stereocenters. The van der Waals surface area contributed by atoms with Gasteiger partial charge in [0.1, 0.15) is 17.3 Å². The molecule has 1 saturated heterocycles. The van der Waals surface area contributed by atoms with E-state index in [2.05, 4.69) is 20.5 Å². The molecule has 2 N–H and O–H groups in total. The Balaban J connectivity index is 1.77. The highest BCUT2D eigenvalue weighted by Crippen LogP contribution is 2.28. The number of methoxy groups -OCH3 is 2. The van der Waals surface area contributed by atoms with Crippen molar-refractivity contribution >= 4 is 17.4 Å². The van der Waals surface area contributed by atoms with Crippen molar-refractivity contribution in [2.45, 2.75) is 18.9 Å². The van der Waals surface area contributed by atoms with Crippen LogP contribution >= 0.6 is 0 Å². The zero-order chi connectivity index (χ0) is 19.2. The van der Waals surface area contributed by atoms with Crippen LogP contribution in [0.2, 0.25) is 0 Å². The number of piperidine rings is 1. The predicted molar refractivity (Wildman–Crippen MR) is 106 cm³/mol. The molecule has 27 heavy (non-hydrogen) atoms. The Morgan fingerprint density at radius 3 is 2.63 bits per heavy atom. The molecule has 1 amide bonds. The summed E-state index contributed by atoms with van der Waals surface area (Å²) in [5.41, 5.74) is 1.55. The van der Waals surface area contributed by atoms with Crippen molar-refractivity contribution in [3.05, 3.63) is 42.1 Å². The zero-order valence-electron chi connectivity index (χ0n) is 16.0. The summed E-state index contributed by atoms with van der Waals surface area (Å²) in [5, 5.41) is 6.25. The van der Waals surface area contributed by atoms with E-state index in [1.807, 2.05) is 24.3 Å². The summed E-state index contributed by atoms with van der Waals surface area (Å²) in [6.45, 7) is 1.64. The number of nitrogens with zero attached hydrogens (tertiary/aromatic N) is 2. The molecule has 7 nitrogen and oxygen atoms in total. The molecule has 0 bridgehead atoms. The quantitative estimate of drug-likeness (QED) is 0.814. The van der Waals surface area contributed by atoms with Gasteiger partial charge in [0.2, 0.25) is 0 Å². The second-order valence-corrected chi connectivity index (χ2v) is 6.48. The molecular weight excluding hydrogens is 344 g/mol. The molecule has 0 saturated carbocycles. The molecule has 0 radical (unpaired) electrons. The van der Waals surface area contributed by atoms with Crippen molar-refractivity contribution in [3.63, 3.8) is 0 Å². The molecule has 1 aromatic heterocycles. The molecule has 2 aromatic rings. The summed E-state index contributed by atoms with van der Waals surface area (Å²) >= 11 is 0. The number of pyridine rings is 1. The first-order valence-corrected chi connectivity index (χ1v) is 9.06. The van der Waals surface area contributed by atoms with Gasteiger partial charge in [-0.15, -0.1) is 0 Å². The molecule has 1 aliphatic heterocycles. The van der Waals surface area contributed by atoms with Gasteiger partial charge < -0.3 is 25.0 Å². The first-order valence-electron chi connectivity index (χ1n) is 9.06. The fraction of sp³-hybridized carbons (Fsp3) is 0.400. The average molecular weight is 370 g/mol. The van der Waals surface area contributed by atoms with Gasteiger partial charge in [-0.3, -0.25) is 4.79 Å². The largest absolute Gasteiger partial charge is 0.497 e. The number of amides is 1. The zero-order valence-corrected chi connectivity index (χ0v) is 16.0. The number of ether oxygens (including phenoxy) is 2. The van der Waals surface area contributed by atoms with Crippen LogP contribution in [0.5, 0.6) is 11.5 Å². The van der Waals surface area contributed by atoms with Gasteiger partial charge in [0.05, 0.1) is 19.8 Å².